The lowest BCUT2D eigenvalue weighted by Crippen LogP contribution is -2.49. The van der Waals surface area contributed by atoms with Gasteiger partial charge in [-0.3, -0.25) is 14.3 Å². The SMILES string of the molecule is Cc1nn(Cc2ccc(F)cc2)c2sc(C(=O)N3CCCC(C(=O)N4CCOCC4)C3)cc12. The number of thiophene rings is 1. The van der Waals surface area contributed by atoms with Crippen molar-refractivity contribution in [3.63, 3.8) is 0 Å². The highest BCUT2D eigenvalue weighted by Crippen LogP contribution is 2.31. The number of likely N-dealkylation sites (tertiary alicyclic amines) is 1. The van der Waals surface area contributed by atoms with Crippen molar-refractivity contribution in [2.45, 2.75) is 26.3 Å². The van der Waals surface area contributed by atoms with Gasteiger partial charge in [-0.15, -0.1) is 11.3 Å². The van der Waals surface area contributed by atoms with Crippen molar-refractivity contribution >= 4 is 33.4 Å². The number of rotatable bonds is 4. The van der Waals surface area contributed by atoms with Gasteiger partial charge in [-0.05, 0) is 43.5 Å². The smallest absolute Gasteiger partial charge is 0.264 e. The molecule has 5 rings (SSSR count). The van der Waals surface area contributed by atoms with Gasteiger partial charge in [0.15, 0.2) is 0 Å². The number of hydrogen-bond acceptors (Lipinski definition) is 5. The molecule has 2 fully saturated rings. The normalized spacial score (nSPS) is 19.3. The molecule has 2 aliphatic rings. The first-order chi connectivity index (χ1) is 16.0. The predicted octanol–water partition coefficient (Wildman–Crippen LogP) is 3.30. The number of amides is 2. The highest BCUT2D eigenvalue weighted by molar-refractivity contribution is 7.20. The maximum atomic E-state index is 13.4. The van der Waals surface area contributed by atoms with E-state index in [-0.39, 0.29) is 23.5 Å². The van der Waals surface area contributed by atoms with Crippen LogP contribution in [-0.4, -0.2) is 70.8 Å². The summed E-state index contributed by atoms with van der Waals surface area (Å²) in [4.78, 5) is 31.6. The molecule has 1 atom stereocenters. The molecule has 2 amide bonds. The maximum Gasteiger partial charge on any atom is 0.264 e. The van der Waals surface area contributed by atoms with Crippen molar-refractivity contribution in [1.82, 2.24) is 19.6 Å². The first kappa shape index (κ1) is 22.0. The molecule has 174 valence electrons. The third kappa shape index (κ3) is 4.52. The van der Waals surface area contributed by atoms with Crippen LogP contribution < -0.4 is 0 Å². The second kappa shape index (κ2) is 9.23. The lowest BCUT2D eigenvalue weighted by atomic mass is 9.96. The number of fused-ring (bicyclic) bond motifs is 1. The number of nitrogens with zero attached hydrogens (tertiary/aromatic N) is 4. The topological polar surface area (TPSA) is 67.7 Å². The van der Waals surface area contributed by atoms with E-state index in [9.17, 15) is 14.0 Å². The summed E-state index contributed by atoms with van der Waals surface area (Å²) in [7, 11) is 0. The number of carbonyl (C=O) groups is 2. The summed E-state index contributed by atoms with van der Waals surface area (Å²) >= 11 is 1.43. The van der Waals surface area contributed by atoms with Crippen LogP contribution in [0.5, 0.6) is 0 Å². The number of piperidine rings is 1. The van der Waals surface area contributed by atoms with Crippen LogP contribution in [0.2, 0.25) is 0 Å². The molecule has 9 heteroatoms. The Balaban J connectivity index is 1.32. The number of morpholine rings is 1. The maximum absolute atomic E-state index is 13.4. The fourth-order valence-electron chi connectivity index (χ4n) is 4.65. The van der Waals surface area contributed by atoms with E-state index in [1.54, 1.807) is 12.1 Å². The second-order valence-electron chi connectivity index (χ2n) is 8.73. The molecule has 2 saturated heterocycles. The first-order valence-electron chi connectivity index (χ1n) is 11.4. The molecular weight excluding hydrogens is 443 g/mol. The van der Waals surface area contributed by atoms with Crippen LogP contribution in [0.3, 0.4) is 0 Å². The van der Waals surface area contributed by atoms with Gasteiger partial charge < -0.3 is 14.5 Å². The molecule has 0 bridgehead atoms. The van der Waals surface area contributed by atoms with E-state index in [4.69, 9.17) is 4.74 Å². The molecule has 0 N–H and O–H groups in total. The van der Waals surface area contributed by atoms with Gasteiger partial charge in [0.1, 0.15) is 10.6 Å². The van der Waals surface area contributed by atoms with E-state index in [2.05, 4.69) is 5.10 Å². The monoisotopic (exact) mass is 470 g/mol. The molecule has 0 radical (unpaired) electrons. The lowest BCUT2D eigenvalue weighted by Gasteiger charge is -2.36. The van der Waals surface area contributed by atoms with Crippen LogP contribution >= 0.6 is 11.3 Å². The molecule has 0 aliphatic carbocycles. The van der Waals surface area contributed by atoms with Gasteiger partial charge in [0.25, 0.3) is 5.91 Å². The molecule has 1 aromatic carbocycles. The van der Waals surface area contributed by atoms with Crippen molar-refractivity contribution in [2.75, 3.05) is 39.4 Å². The van der Waals surface area contributed by atoms with Crippen LogP contribution in [0, 0.1) is 18.7 Å². The minimum absolute atomic E-state index is 0.0246. The van der Waals surface area contributed by atoms with Gasteiger partial charge in [-0.1, -0.05) is 12.1 Å². The fourth-order valence-corrected chi connectivity index (χ4v) is 5.78. The summed E-state index contributed by atoms with van der Waals surface area (Å²) in [5, 5.41) is 5.58. The van der Waals surface area contributed by atoms with Crippen LogP contribution in [-0.2, 0) is 16.1 Å². The molecule has 2 aromatic heterocycles. The Labute approximate surface area is 195 Å². The summed E-state index contributed by atoms with van der Waals surface area (Å²) in [6, 6.07) is 8.29. The Hall–Kier alpha value is -2.78. The Morgan fingerprint density at radius 1 is 1.15 bits per heavy atom. The van der Waals surface area contributed by atoms with Crippen LogP contribution in [0.4, 0.5) is 4.39 Å². The van der Waals surface area contributed by atoms with Crippen molar-refractivity contribution in [3.05, 3.63) is 52.3 Å². The summed E-state index contributed by atoms with van der Waals surface area (Å²) in [5.74, 6) is -0.302. The third-order valence-electron chi connectivity index (χ3n) is 6.44. The summed E-state index contributed by atoms with van der Waals surface area (Å²) in [6.07, 6.45) is 1.65. The Morgan fingerprint density at radius 2 is 1.91 bits per heavy atom. The van der Waals surface area contributed by atoms with Crippen LogP contribution in [0.15, 0.2) is 30.3 Å². The number of hydrogen-bond donors (Lipinski definition) is 0. The molecule has 0 saturated carbocycles. The summed E-state index contributed by atoms with van der Waals surface area (Å²) in [6.45, 7) is 5.99. The largest absolute Gasteiger partial charge is 0.378 e. The molecule has 7 nitrogen and oxygen atoms in total. The minimum Gasteiger partial charge on any atom is -0.378 e. The van der Waals surface area contributed by atoms with E-state index in [0.717, 1.165) is 34.3 Å². The zero-order valence-electron chi connectivity index (χ0n) is 18.6. The third-order valence-corrected chi connectivity index (χ3v) is 7.58. The van der Waals surface area contributed by atoms with Crippen molar-refractivity contribution < 1.29 is 18.7 Å². The van der Waals surface area contributed by atoms with Gasteiger partial charge >= 0.3 is 0 Å². The summed E-state index contributed by atoms with van der Waals surface area (Å²) in [5.41, 5.74) is 1.81. The van der Waals surface area contributed by atoms with Crippen molar-refractivity contribution in [2.24, 2.45) is 5.92 Å². The summed E-state index contributed by atoms with van der Waals surface area (Å²) < 4.78 is 20.5. The first-order valence-corrected chi connectivity index (χ1v) is 12.2. The van der Waals surface area contributed by atoms with Crippen molar-refractivity contribution in [1.29, 1.82) is 0 Å². The molecular formula is C24H27FN4O3S. The van der Waals surface area contributed by atoms with Gasteiger partial charge in [0, 0.05) is 31.6 Å². The van der Waals surface area contributed by atoms with E-state index in [1.807, 2.05) is 27.5 Å². The van der Waals surface area contributed by atoms with Crippen LogP contribution in [0.25, 0.3) is 10.2 Å². The quantitative estimate of drug-likeness (QED) is 0.587. The number of ether oxygens (including phenoxy) is 1. The lowest BCUT2D eigenvalue weighted by molar-refractivity contribution is -0.141. The molecule has 3 aromatic rings. The number of aryl methyl sites for hydroxylation is 1. The second-order valence-corrected chi connectivity index (χ2v) is 9.76. The standard InChI is InChI=1S/C24H27FN4O3S/c1-16-20-13-21(33-24(20)29(26-16)14-17-4-6-19(25)7-5-17)23(31)28-8-2-3-18(15-28)22(30)27-9-11-32-12-10-27/h4-7,13,18H,2-3,8-12,14-15H2,1H3. The molecule has 33 heavy (non-hydrogen) atoms. The Kier molecular flexibility index (Phi) is 6.16. The number of aromatic nitrogens is 2. The van der Waals surface area contributed by atoms with Gasteiger partial charge in [-0.25, -0.2) is 4.39 Å². The average molecular weight is 471 g/mol. The van der Waals surface area contributed by atoms with E-state index in [0.29, 0.717) is 50.8 Å². The number of benzene rings is 1. The predicted molar refractivity (Wildman–Crippen MR) is 124 cm³/mol. The number of carbonyl (C=O) groups excluding carboxylic acids is 2. The Bertz CT molecular complexity index is 1170. The van der Waals surface area contributed by atoms with E-state index in [1.165, 1.54) is 23.5 Å². The van der Waals surface area contributed by atoms with E-state index >= 15 is 0 Å². The minimum atomic E-state index is -0.267. The van der Waals surface area contributed by atoms with Gasteiger partial charge in [0.2, 0.25) is 5.91 Å². The zero-order chi connectivity index (χ0) is 22.9. The molecule has 0 spiro atoms. The molecule has 2 aliphatic heterocycles. The number of halogens is 1. The molecule has 1 unspecified atom stereocenters. The Morgan fingerprint density at radius 3 is 2.67 bits per heavy atom. The highest BCUT2D eigenvalue weighted by Gasteiger charge is 2.33. The fraction of sp³-hybridized carbons (Fsp3) is 0.458. The van der Waals surface area contributed by atoms with E-state index < -0.39 is 0 Å². The van der Waals surface area contributed by atoms with Crippen molar-refractivity contribution in [3.8, 4) is 0 Å². The molecule has 4 heterocycles. The van der Waals surface area contributed by atoms with Gasteiger partial charge in [0.05, 0.1) is 36.2 Å². The van der Waals surface area contributed by atoms with Crippen LogP contribution in [0.1, 0.15) is 33.8 Å². The average Bonchev–Trinajstić information content (AvgIpc) is 3.41. The van der Waals surface area contributed by atoms with Gasteiger partial charge in [-0.2, -0.15) is 5.10 Å². The zero-order valence-corrected chi connectivity index (χ0v) is 19.4. The highest BCUT2D eigenvalue weighted by atomic mass is 32.1.